The van der Waals surface area contributed by atoms with E-state index in [0.717, 1.165) is 0 Å². The van der Waals surface area contributed by atoms with Crippen LogP contribution in [0.1, 0.15) is 73.6 Å². The van der Waals surface area contributed by atoms with Crippen LogP contribution in [-0.4, -0.2) is 56.2 Å². The van der Waals surface area contributed by atoms with Crippen molar-refractivity contribution in [2.75, 3.05) is 6.61 Å². The van der Waals surface area contributed by atoms with E-state index in [9.17, 15) is 14.7 Å². The van der Waals surface area contributed by atoms with E-state index in [0.29, 0.717) is 12.0 Å². The van der Waals surface area contributed by atoms with Gasteiger partial charge in [0.1, 0.15) is 17.8 Å². The third-order valence-corrected chi connectivity index (χ3v) is 18.0. The number of H-pyrrole nitrogens is 1. The average Bonchev–Trinajstić information content (AvgIpc) is 3.01. The molecule has 0 radical (unpaired) electrons. The number of nitrogens with one attached hydrogen (secondary N) is 1. The van der Waals surface area contributed by atoms with E-state index in [1.165, 1.54) is 10.8 Å². The lowest BCUT2D eigenvalue weighted by Crippen LogP contribution is -2.68. The molecular weight excluding hydrogens is 496 g/mol. The second-order valence-corrected chi connectivity index (χ2v) is 20.4. The first-order valence-electron chi connectivity index (χ1n) is 13.0. The third-order valence-electron chi connectivity index (χ3n) is 7.78. The zero-order valence-electron chi connectivity index (χ0n) is 23.2. The Morgan fingerprint density at radius 1 is 1.11 bits per heavy atom. The first-order valence-corrected chi connectivity index (χ1v) is 16.9. The molecule has 0 saturated carbocycles. The monoisotopic (exact) mass is 540 g/mol. The second-order valence-electron chi connectivity index (χ2n) is 11.5. The van der Waals surface area contributed by atoms with Crippen LogP contribution in [0.2, 0.25) is 22.2 Å². The molecule has 1 aromatic heterocycles. The van der Waals surface area contributed by atoms with Crippen LogP contribution in [0.25, 0.3) is 0 Å². The molecule has 11 heteroatoms. The normalized spacial score (nSPS) is 30.0. The zero-order chi connectivity index (χ0) is 27.2. The minimum atomic E-state index is -3.03. The van der Waals surface area contributed by atoms with E-state index < -0.39 is 52.4 Å². The number of aromatic nitrogens is 2. The summed E-state index contributed by atoms with van der Waals surface area (Å²) < 4.78 is 28.9. The maximum absolute atomic E-state index is 12.8. The molecule has 2 fully saturated rings. The van der Waals surface area contributed by atoms with Crippen molar-refractivity contribution in [3.8, 4) is 0 Å². The standard InChI is InChI=1S/C25H44N2O7Si2/c1-11-12-25-14-31-35(15(2)3,16(4)5)34-36(17(6)7,18(8)9)33-21(25)20(28)23(32-25)27-13-19(10)22(29)26-24(27)30/h11,13,15-18,20-21,23,28H,1,12,14H2,2-10H3,(H,26,29,30)/t20-,21+,23-,25-/m1/s1. The Balaban J connectivity index is 2.24. The van der Waals surface area contributed by atoms with Crippen molar-refractivity contribution >= 4 is 17.1 Å². The minimum Gasteiger partial charge on any atom is -0.414 e. The molecular formula is C25H44N2O7Si2. The number of aliphatic hydroxyl groups is 1. The Kier molecular flexibility index (Phi) is 8.46. The van der Waals surface area contributed by atoms with Crippen molar-refractivity contribution in [1.29, 1.82) is 0 Å². The number of hydrogen-bond donors (Lipinski definition) is 2. The molecule has 0 bridgehead atoms. The zero-order valence-corrected chi connectivity index (χ0v) is 25.2. The number of fused-ring (bicyclic) bond motifs is 1. The van der Waals surface area contributed by atoms with Crippen molar-refractivity contribution in [1.82, 2.24) is 9.55 Å². The van der Waals surface area contributed by atoms with Gasteiger partial charge in [0, 0.05) is 11.8 Å². The first-order chi connectivity index (χ1) is 16.7. The van der Waals surface area contributed by atoms with Gasteiger partial charge in [0.2, 0.25) is 0 Å². The Bertz CT molecular complexity index is 1050. The Labute approximate surface area is 216 Å². The number of rotatable bonds is 7. The van der Waals surface area contributed by atoms with Gasteiger partial charge in [-0.1, -0.05) is 61.5 Å². The summed E-state index contributed by atoms with van der Waals surface area (Å²) in [6, 6.07) is 0. The Morgan fingerprint density at radius 2 is 1.67 bits per heavy atom. The second kappa shape index (κ2) is 10.4. The smallest absolute Gasteiger partial charge is 0.335 e. The van der Waals surface area contributed by atoms with Crippen molar-refractivity contribution in [2.24, 2.45) is 0 Å². The molecule has 0 spiro atoms. The van der Waals surface area contributed by atoms with E-state index >= 15 is 0 Å². The molecule has 2 aliphatic heterocycles. The number of ether oxygens (including phenoxy) is 1. The quantitative estimate of drug-likeness (QED) is 0.397. The lowest BCUT2D eigenvalue weighted by molar-refractivity contribution is -0.132. The summed E-state index contributed by atoms with van der Waals surface area (Å²) in [7, 11) is -5.87. The van der Waals surface area contributed by atoms with Gasteiger partial charge in [0.15, 0.2) is 6.23 Å². The summed E-state index contributed by atoms with van der Waals surface area (Å²) >= 11 is 0. The molecule has 2 N–H and O–H groups in total. The van der Waals surface area contributed by atoms with Crippen molar-refractivity contribution in [3.05, 3.63) is 45.3 Å². The number of hydrogen-bond acceptors (Lipinski definition) is 7. The van der Waals surface area contributed by atoms with Gasteiger partial charge in [-0.15, -0.1) is 6.58 Å². The molecule has 36 heavy (non-hydrogen) atoms. The van der Waals surface area contributed by atoms with Crippen LogP contribution in [0.4, 0.5) is 0 Å². The van der Waals surface area contributed by atoms with Gasteiger partial charge in [-0.25, -0.2) is 4.79 Å². The summed E-state index contributed by atoms with van der Waals surface area (Å²) in [5, 5.41) is 11.7. The maximum atomic E-state index is 12.8. The van der Waals surface area contributed by atoms with Gasteiger partial charge in [-0.3, -0.25) is 14.3 Å². The molecule has 2 aliphatic rings. The molecule has 2 saturated heterocycles. The molecule has 204 valence electrons. The van der Waals surface area contributed by atoms with E-state index in [4.69, 9.17) is 17.7 Å². The number of aromatic amines is 1. The van der Waals surface area contributed by atoms with Crippen LogP contribution in [-0.2, 0) is 17.7 Å². The summed E-state index contributed by atoms with van der Waals surface area (Å²) in [5.41, 5.74) is -1.44. The highest BCUT2D eigenvalue weighted by atomic mass is 28.5. The minimum absolute atomic E-state index is 0.0642. The van der Waals surface area contributed by atoms with Gasteiger partial charge in [0.05, 0.1) is 6.61 Å². The van der Waals surface area contributed by atoms with Crippen LogP contribution in [0, 0.1) is 6.92 Å². The molecule has 0 aliphatic carbocycles. The molecule has 9 nitrogen and oxygen atoms in total. The molecule has 3 heterocycles. The van der Waals surface area contributed by atoms with Crippen LogP contribution >= 0.6 is 0 Å². The molecule has 0 unspecified atom stereocenters. The largest absolute Gasteiger partial charge is 0.414 e. The predicted octanol–water partition coefficient (Wildman–Crippen LogP) is 4.01. The SMILES string of the molecule is C=CC[C@@]12CO[Si](C(C)C)(C(C)C)O[Si](C(C)C)(C(C)C)O[C@H]1[C@@H](O)[C@H](n1cc(C)c(=O)[nH]c1=O)O2. The fourth-order valence-electron chi connectivity index (χ4n) is 5.74. The van der Waals surface area contributed by atoms with E-state index in [1.54, 1.807) is 13.0 Å². The fraction of sp³-hybridized carbons (Fsp3) is 0.760. The van der Waals surface area contributed by atoms with Crippen LogP contribution < -0.4 is 11.2 Å². The molecule has 4 atom stereocenters. The average molecular weight is 541 g/mol. The van der Waals surface area contributed by atoms with Crippen LogP contribution in [0.3, 0.4) is 0 Å². The van der Waals surface area contributed by atoms with Gasteiger partial charge in [0.25, 0.3) is 5.56 Å². The molecule has 3 rings (SSSR count). The summed E-state index contributed by atoms with van der Waals surface area (Å²) in [4.78, 5) is 27.1. The van der Waals surface area contributed by atoms with Crippen LogP contribution in [0.5, 0.6) is 0 Å². The van der Waals surface area contributed by atoms with Gasteiger partial charge >= 0.3 is 22.8 Å². The lowest BCUT2D eigenvalue weighted by Gasteiger charge is -2.53. The first kappa shape index (κ1) is 29.2. The van der Waals surface area contributed by atoms with Crippen molar-refractivity contribution in [2.45, 2.75) is 115 Å². The molecule has 1 aromatic rings. The van der Waals surface area contributed by atoms with Crippen LogP contribution in [0.15, 0.2) is 28.4 Å². The number of aliphatic hydroxyl groups excluding tert-OH is 1. The highest BCUT2D eigenvalue weighted by Gasteiger charge is 2.65. The third kappa shape index (κ3) is 4.68. The summed E-state index contributed by atoms with van der Waals surface area (Å²) in [6.07, 6.45) is 0.424. The number of nitrogens with zero attached hydrogens (tertiary/aromatic N) is 1. The molecule has 0 amide bonds. The summed E-state index contributed by atoms with van der Waals surface area (Å²) in [5.74, 6) is 0. The van der Waals surface area contributed by atoms with E-state index in [2.05, 4.69) is 67.0 Å². The highest BCUT2D eigenvalue weighted by molar-refractivity contribution is 6.84. The van der Waals surface area contributed by atoms with Gasteiger partial charge < -0.3 is 22.8 Å². The predicted molar refractivity (Wildman–Crippen MR) is 144 cm³/mol. The number of aryl methyl sites for hydroxylation is 1. The van der Waals surface area contributed by atoms with Crippen molar-refractivity contribution < 1.29 is 22.8 Å². The lowest BCUT2D eigenvalue weighted by atomic mass is 9.92. The van der Waals surface area contributed by atoms with Gasteiger partial charge in [-0.2, -0.15) is 0 Å². The molecule has 0 aromatic carbocycles. The topological polar surface area (TPSA) is 112 Å². The van der Waals surface area contributed by atoms with E-state index in [1.807, 2.05) is 0 Å². The maximum Gasteiger partial charge on any atom is 0.335 e. The van der Waals surface area contributed by atoms with Gasteiger partial charge in [-0.05, 0) is 35.5 Å². The highest BCUT2D eigenvalue weighted by Crippen LogP contribution is 2.51. The summed E-state index contributed by atoms with van der Waals surface area (Å²) in [6.45, 7) is 22.7. The van der Waals surface area contributed by atoms with E-state index in [-0.39, 0.29) is 28.8 Å². The fourth-order valence-corrected chi connectivity index (χ4v) is 17.0. The Morgan fingerprint density at radius 3 is 2.17 bits per heavy atom. The Hall–Kier alpha value is -1.35. The van der Waals surface area contributed by atoms with Crippen molar-refractivity contribution in [3.63, 3.8) is 0 Å².